The molecule has 1 aliphatic rings. The molecule has 0 radical (unpaired) electrons. The van der Waals surface area contributed by atoms with E-state index in [9.17, 15) is 10.2 Å². The first-order valence-electron chi connectivity index (χ1n) is 7.36. The fourth-order valence-corrected chi connectivity index (χ4v) is 3.15. The average molecular weight is 263 g/mol. The van der Waals surface area contributed by atoms with Crippen LogP contribution in [0.2, 0.25) is 0 Å². The summed E-state index contributed by atoms with van der Waals surface area (Å²) in [5.74, 6) is 1.01. The largest absolute Gasteiger partial charge is 0.508 e. The van der Waals surface area contributed by atoms with Crippen LogP contribution in [-0.2, 0) is 0 Å². The van der Waals surface area contributed by atoms with E-state index in [0.717, 1.165) is 11.5 Å². The first kappa shape index (κ1) is 14.2. The number of hydrogen-bond acceptors (Lipinski definition) is 3. The lowest BCUT2D eigenvalue weighted by molar-refractivity contribution is 0.267. The van der Waals surface area contributed by atoms with Crippen molar-refractivity contribution in [3.05, 3.63) is 23.8 Å². The van der Waals surface area contributed by atoms with Crippen LogP contribution < -0.4 is 5.32 Å². The predicted octanol–water partition coefficient (Wildman–Crippen LogP) is 3.72. The highest BCUT2D eigenvalue weighted by Crippen LogP contribution is 2.31. The van der Waals surface area contributed by atoms with Crippen LogP contribution in [-0.4, -0.2) is 16.3 Å². The van der Waals surface area contributed by atoms with Crippen LogP contribution in [0.5, 0.6) is 11.5 Å². The molecule has 3 nitrogen and oxygen atoms in total. The van der Waals surface area contributed by atoms with E-state index in [4.69, 9.17) is 0 Å². The van der Waals surface area contributed by atoms with E-state index < -0.39 is 0 Å². The summed E-state index contributed by atoms with van der Waals surface area (Å²) >= 11 is 0. The van der Waals surface area contributed by atoms with Gasteiger partial charge in [-0.15, -0.1) is 0 Å². The van der Waals surface area contributed by atoms with Gasteiger partial charge in [-0.2, -0.15) is 0 Å². The van der Waals surface area contributed by atoms with E-state index in [2.05, 4.69) is 19.2 Å². The molecule has 1 aliphatic carbocycles. The lowest BCUT2D eigenvalue weighted by Gasteiger charge is -2.31. The summed E-state index contributed by atoms with van der Waals surface area (Å²) in [7, 11) is 0. The molecule has 0 heterocycles. The van der Waals surface area contributed by atoms with Gasteiger partial charge in [-0.3, -0.25) is 0 Å². The van der Waals surface area contributed by atoms with Crippen LogP contribution >= 0.6 is 0 Å². The standard InChI is InChI=1S/C16H25NO2/c1-11(13-6-4-3-5-7-13)17-12(2)15-9-8-14(18)10-16(15)19/h8-13,17-19H,3-7H2,1-2H3. The summed E-state index contributed by atoms with van der Waals surface area (Å²) in [6.45, 7) is 4.30. The van der Waals surface area contributed by atoms with Crippen LogP contribution in [0.3, 0.4) is 0 Å². The van der Waals surface area contributed by atoms with Gasteiger partial charge in [0.2, 0.25) is 0 Å². The summed E-state index contributed by atoms with van der Waals surface area (Å²) in [6, 6.07) is 5.37. The molecule has 1 aromatic carbocycles. The van der Waals surface area contributed by atoms with E-state index in [1.165, 1.54) is 38.2 Å². The maximum absolute atomic E-state index is 9.88. The van der Waals surface area contributed by atoms with Gasteiger partial charge in [-0.1, -0.05) is 25.3 Å². The van der Waals surface area contributed by atoms with E-state index >= 15 is 0 Å². The van der Waals surface area contributed by atoms with Gasteiger partial charge in [0.05, 0.1) is 0 Å². The summed E-state index contributed by atoms with van der Waals surface area (Å²) in [5.41, 5.74) is 0.848. The van der Waals surface area contributed by atoms with Gasteiger partial charge in [0.25, 0.3) is 0 Å². The van der Waals surface area contributed by atoms with E-state index in [-0.39, 0.29) is 17.5 Å². The van der Waals surface area contributed by atoms with Crippen molar-refractivity contribution >= 4 is 0 Å². The van der Waals surface area contributed by atoms with Crippen molar-refractivity contribution < 1.29 is 10.2 Å². The minimum Gasteiger partial charge on any atom is -0.508 e. The monoisotopic (exact) mass is 263 g/mol. The minimum atomic E-state index is 0.0949. The van der Waals surface area contributed by atoms with Gasteiger partial charge in [0.15, 0.2) is 0 Å². The quantitative estimate of drug-likeness (QED) is 0.776. The van der Waals surface area contributed by atoms with Crippen LogP contribution in [0.25, 0.3) is 0 Å². The first-order valence-corrected chi connectivity index (χ1v) is 7.36. The second kappa shape index (κ2) is 6.29. The fraction of sp³-hybridized carbons (Fsp3) is 0.625. The maximum atomic E-state index is 9.88. The number of phenolic OH excluding ortho intramolecular Hbond substituents is 2. The molecule has 3 N–H and O–H groups in total. The maximum Gasteiger partial charge on any atom is 0.124 e. The Labute approximate surface area is 115 Å². The van der Waals surface area contributed by atoms with Crippen molar-refractivity contribution in [1.29, 1.82) is 0 Å². The molecule has 0 saturated heterocycles. The molecule has 1 aromatic rings. The van der Waals surface area contributed by atoms with Crippen molar-refractivity contribution in [2.75, 3.05) is 0 Å². The number of phenols is 2. The second-order valence-corrected chi connectivity index (χ2v) is 5.82. The molecule has 2 rings (SSSR count). The zero-order valence-corrected chi connectivity index (χ0v) is 11.9. The smallest absolute Gasteiger partial charge is 0.124 e. The molecule has 0 spiro atoms. The third-order valence-electron chi connectivity index (χ3n) is 4.35. The third kappa shape index (κ3) is 3.63. The Bertz CT molecular complexity index is 413. The van der Waals surface area contributed by atoms with Crippen molar-refractivity contribution in [3.63, 3.8) is 0 Å². The topological polar surface area (TPSA) is 52.5 Å². The van der Waals surface area contributed by atoms with Gasteiger partial charge >= 0.3 is 0 Å². The van der Waals surface area contributed by atoms with Gasteiger partial charge < -0.3 is 15.5 Å². The normalized spacial score (nSPS) is 20.1. The summed E-state index contributed by atoms with van der Waals surface area (Å²) in [4.78, 5) is 0. The molecule has 0 aliphatic heterocycles. The summed E-state index contributed by atoms with van der Waals surface area (Å²) in [6.07, 6.45) is 6.67. The van der Waals surface area contributed by atoms with E-state index in [1.807, 2.05) is 0 Å². The van der Waals surface area contributed by atoms with E-state index in [1.54, 1.807) is 12.1 Å². The second-order valence-electron chi connectivity index (χ2n) is 5.82. The van der Waals surface area contributed by atoms with Gasteiger partial charge in [-0.25, -0.2) is 0 Å². The van der Waals surface area contributed by atoms with Gasteiger partial charge in [0, 0.05) is 23.7 Å². The van der Waals surface area contributed by atoms with Crippen molar-refractivity contribution in [2.45, 2.75) is 58.0 Å². The average Bonchev–Trinajstić information content (AvgIpc) is 2.39. The molecule has 1 saturated carbocycles. The number of nitrogens with one attached hydrogen (secondary N) is 1. The summed E-state index contributed by atoms with van der Waals surface area (Å²) < 4.78 is 0. The molecule has 1 fully saturated rings. The lowest BCUT2D eigenvalue weighted by atomic mass is 9.84. The highest BCUT2D eigenvalue weighted by atomic mass is 16.3. The Morgan fingerprint density at radius 3 is 2.42 bits per heavy atom. The van der Waals surface area contributed by atoms with Crippen molar-refractivity contribution in [2.24, 2.45) is 5.92 Å². The van der Waals surface area contributed by atoms with Crippen LogP contribution in [0.1, 0.15) is 57.6 Å². The number of aromatic hydroxyl groups is 2. The molecule has 2 atom stereocenters. The van der Waals surface area contributed by atoms with Gasteiger partial charge in [0.1, 0.15) is 11.5 Å². The molecule has 0 bridgehead atoms. The predicted molar refractivity (Wildman–Crippen MR) is 77.4 cm³/mol. The molecule has 19 heavy (non-hydrogen) atoms. The van der Waals surface area contributed by atoms with Crippen LogP contribution in [0, 0.1) is 5.92 Å². The van der Waals surface area contributed by atoms with Crippen molar-refractivity contribution in [3.8, 4) is 11.5 Å². The SMILES string of the molecule is CC(NC(C)C1CCCCC1)c1ccc(O)cc1O. The first-order chi connectivity index (χ1) is 9.08. The Morgan fingerprint density at radius 1 is 1.11 bits per heavy atom. The summed E-state index contributed by atoms with van der Waals surface area (Å²) in [5, 5.41) is 22.8. The number of rotatable bonds is 4. The molecule has 0 amide bonds. The highest BCUT2D eigenvalue weighted by Gasteiger charge is 2.22. The zero-order chi connectivity index (χ0) is 13.8. The molecule has 0 aromatic heterocycles. The fourth-order valence-electron chi connectivity index (χ4n) is 3.15. The number of hydrogen-bond donors (Lipinski definition) is 3. The van der Waals surface area contributed by atoms with Crippen molar-refractivity contribution in [1.82, 2.24) is 5.32 Å². The molecular weight excluding hydrogens is 238 g/mol. The van der Waals surface area contributed by atoms with Gasteiger partial charge in [-0.05, 0) is 38.7 Å². The molecular formula is C16H25NO2. The van der Waals surface area contributed by atoms with E-state index in [0.29, 0.717) is 6.04 Å². The lowest BCUT2D eigenvalue weighted by Crippen LogP contribution is -2.36. The Kier molecular flexibility index (Phi) is 4.70. The highest BCUT2D eigenvalue weighted by molar-refractivity contribution is 5.40. The zero-order valence-electron chi connectivity index (χ0n) is 11.9. The minimum absolute atomic E-state index is 0.0949. The van der Waals surface area contributed by atoms with Crippen LogP contribution in [0.15, 0.2) is 18.2 Å². The van der Waals surface area contributed by atoms with Crippen LogP contribution in [0.4, 0.5) is 0 Å². The molecule has 3 heteroatoms. The Morgan fingerprint density at radius 2 is 1.79 bits per heavy atom. The third-order valence-corrected chi connectivity index (χ3v) is 4.35. The number of benzene rings is 1. The molecule has 106 valence electrons. The molecule has 2 unspecified atom stereocenters. The Balaban J connectivity index is 1.97. The Hall–Kier alpha value is -1.22.